The lowest BCUT2D eigenvalue weighted by atomic mass is 10.4. The number of anilines is 2. The number of alkyl halides is 2. The molecule has 0 saturated carbocycles. The van der Waals surface area contributed by atoms with Crippen LogP contribution in [0.1, 0.15) is 5.82 Å². The minimum absolute atomic E-state index is 0.195. The monoisotopic (exact) mass is 232 g/mol. The van der Waals surface area contributed by atoms with Crippen molar-refractivity contribution in [2.45, 2.75) is 13.0 Å². The van der Waals surface area contributed by atoms with Gasteiger partial charge in [0.05, 0.1) is 6.54 Å². The van der Waals surface area contributed by atoms with Gasteiger partial charge in [-0.05, 0) is 0 Å². The third-order valence-corrected chi connectivity index (χ3v) is 1.86. The topological polar surface area (TPSA) is 64.3 Å². The van der Waals surface area contributed by atoms with Crippen molar-refractivity contribution < 1.29 is 13.5 Å². The first-order valence-corrected chi connectivity index (χ1v) is 4.64. The maximum absolute atomic E-state index is 12.2. The largest absolute Gasteiger partial charge is 0.384 e. The number of ether oxygens (including phenoxy) is 1. The molecule has 0 bridgehead atoms. The van der Waals surface area contributed by atoms with Crippen molar-refractivity contribution >= 4 is 11.6 Å². The molecule has 0 aliphatic heterocycles. The van der Waals surface area contributed by atoms with Crippen LogP contribution in [0.2, 0.25) is 0 Å². The number of nitrogens with two attached hydrogens (primary N) is 1. The van der Waals surface area contributed by atoms with Gasteiger partial charge in [0.25, 0.3) is 6.43 Å². The van der Waals surface area contributed by atoms with Gasteiger partial charge in [0.1, 0.15) is 18.2 Å². The van der Waals surface area contributed by atoms with E-state index in [1.54, 1.807) is 0 Å². The highest BCUT2D eigenvalue weighted by atomic mass is 19.3. The van der Waals surface area contributed by atoms with Crippen molar-refractivity contribution in [3.63, 3.8) is 0 Å². The summed E-state index contributed by atoms with van der Waals surface area (Å²) in [7, 11) is 3.01. The average Bonchev–Trinajstić information content (AvgIpc) is 2.16. The van der Waals surface area contributed by atoms with Crippen LogP contribution in [0.3, 0.4) is 0 Å². The molecule has 16 heavy (non-hydrogen) atoms. The summed E-state index contributed by atoms with van der Waals surface area (Å²) in [6.45, 7) is -0.205. The Hall–Kier alpha value is -1.50. The van der Waals surface area contributed by atoms with Crippen molar-refractivity contribution in [3.8, 4) is 0 Å². The Morgan fingerprint density at radius 2 is 2.19 bits per heavy atom. The molecule has 5 nitrogen and oxygen atoms in total. The number of nitrogen functional groups attached to an aromatic ring is 1. The van der Waals surface area contributed by atoms with Gasteiger partial charge in [0.2, 0.25) is 0 Å². The Kier molecular flexibility index (Phi) is 4.36. The van der Waals surface area contributed by atoms with Gasteiger partial charge < -0.3 is 15.4 Å². The minimum atomic E-state index is -2.42. The summed E-state index contributed by atoms with van der Waals surface area (Å²) >= 11 is 0. The molecule has 0 unspecified atom stereocenters. The van der Waals surface area contributed by atoms with Gasteiger partial charge in [-0.3, -0.25) is 0 Å². The first-order valence-electron chi connectivity index (χ1n) is 4.64. The minimum Gasteiger partial charge on any atom is -0.384 e. The maximum atomic E-state index is 12.2. The molecule has 90 valence electrons. The molecule has 0 aromatic carbocycles. The zero-order valence-electron chi connectivity index (χ0n) is 9.15. The van der Waals surface area contributed by atoms with Gasteiger partial charge in [-0.25, -0.2) is 18.7 Å². The molecule has 0 amide bonds. The second kappa shape index (κ2) is 5.55. The number of hydrogen-bond donors (Lipinski definition) is 1. The number of rotatable bonds is 5. The SMILES string of the molecule is COCc1nc(N)cc(N(C)CC(F)F)n1. The van der Waals surface area contributed by atoms with Crippen LogP contribution in [0, 0.1) is 0 Å². The molecule has 0 atom stereocenters. The fourth-order valence-corrected chi connectivity index (χ4v) is 1.19. The van der Waals surface area contributed by atoms with Crippen LogP contribution in [-0.2, 0) is 11.3 Å². The maximum Gasteiger partial charge on any atom is 0.255 e. The Labute approximate surface area is 92.2 Å². The molecule has 0 aliphatic rings. The number of aromatic nitrogens is 2. The molecule has 1 aromatic rings. The van der Waals surface area contributed by atoms with Crippen LogP contribution in [0.4, 0.5) is 20.4 Å². The summed E-state index contributed by atoms with van der Waals surface area (Å²) in [6.07, 6.45) is -2.42. The van der Waals surface area contributed by atoms with Gasteiger partial charge in [0.15, 0.2) is 5.82 Å². The van der Waals surface area contributed by atoms with E-state index in [1.165, 1.54) is 25.1 Å². The van der Waals surface area contributed by atoms with E-state index in [0.717, 1.165) is 0 Å². The third kappa shape index (κ3) is 3.58. The highest BCUT2D eigenvalue weighted by molar-refractivity contribution is 5.46. The van der Waals surface area contributed by atoms with Gasteiger partial charge in [-0.1, -0.05) is 0 Å². The van der Waals surface area contributed by atoms with Crippen LogP contribution in [0.5, 0.6) is 0 Å². The lowest BCUT2D eigenvalue weighted by molar-refractivity contribution is 0.156. The molecule has 0 aliphatic carbocycles. The van der Waals surface area contributed by atoms with Crippen LogP contribution in [0.15, 0.2) is 6.07 Å². The normalized spacial score (nSPS) is 10.8. The summed E-state index contributed by atoms with van der Waals surface area (Å²) in [5.74, 6) is 0.969. The molecule has 2 N–H and O–H groups in total. The van der Waals surface area contributed by atoms with E-state index in [1.807, 2.05) is 0 Å². The summed E-state index contributed by atoms with van der Waals surface area (Å²) in [5.41, 5.74) is 5.54. The molecule has 1 aromatic heterocycles. The Morgan fingerprint density at radius 3 is 2.75 bits per heavy atom. The van der Waals surface area contributed by atoms with E-state index in [2.05, 4.69) is 9.97 Å². The predicted octanol–water partition coefficient (Wildman–Crippen LogP) is 0.907. The predicted molar refractivity (Wildman–Crippen MR) is 56.4 cm³/mol. The second-order valence-electron chi connectivity index (χ2n) is 3.27. The quantitative estimate of drug-likeness (QED) is 0.817. The number of halogens is 2. The Bertz CT molecular complexity index is 348. The Morgan fingerprint density at radius 1 is 1.50 bits per heavy atom. The van der Waals surface area contributed by atoms with Gasteiger partial charge in [-0.2, -0.15) is 0 Å². The number of hydrogen-bond acceptors (Lipinski definition) is 5. The zero-order chi connectivity index (χ0) is 12.1. The van der Waals surface area contributed by atoms with Crippen molar-refractivity contribution in [2.24, 2.45) is 0 Å². The highest BCUT2D eigenvalue weighted by Crippen LogP contribution is 2.14. The molecule has 0 fully saturated rings. The Balaban J connectivity index is 2.86. The molecular weight excluding hydrogens is 218 g/mol. The summed E-state index contributed by atoms with van der Waals surface area (Å²) < 4.78 is 29.2. The van der Waals surface area contributed by atoms with Gasteiger partial charge in [0, 0.05) is 20.2 Å². The average molecular weight is 232 g/mol. The highest BCUT2D eigenvalue weighted by Gasteiger charge is 2.11. The summed E-state index contributed by atoms with van der Waals surface area (Å²) in [6, 6.07) is 1.45. The molecule has 0 spiro atoms. The molecule has 1 rings (SSSR count). The van der Waals surface area contributed by atoms with E-state index < -0.39 is 13.0 Å². The lowest BCUT2D eigenvalue weighted by Crippen LogP contribution is -2.25. The van der Waals surface area contributed by atoms with Crippen molar-refractivity contribution in [2.75, 3.05) is 31.3 Å². The molecule has 0 saturated heterocycles. The van der Waals surface area contributed by atoms with Crippen LogP contribution >= 0.6 is 0 Å². The fraction of sp³-hybridized carbons (Fsp3) is 0.556. The van der Waals surface area contributed by atoms with E-state index in [0.29, 0.717) is 11.6 Å². The first-order chi connectivity index (χ1) is 7.52. The van der Waals surface area contributed by atoms with E-state index in [4.69, 9.17) is 10.5 Å². The third-order valence-electron chi connectivity index (χ3n) is 1.86. The van der Waals surface area contributed by atoms with Crippen molar-refractivity contribution in [1.82, 2.24) is 9.97 Å². The van der Waals surface area contributed by atoms with Crippen LogP contribution in [-0.4, -0.2) is 37.1 Å². The van der Waals surface area contributed by atoms with E-state index >= 15 is 0 Å². The molecule has 0 radical (unpaired) electrons. The van der Waals surface area contributed by atoms with Crippen molar-refractivity contribution in [1.29, 1.82) is 0 Å². The molecular formula is C9H14F2N4O. The smallest absolute Gasteiger partial charge is 0.255 e. The molecule has 7 heteroatoms. The zero-order valence-corrected chi connectivity index (χ0v) is 9.15. The molecule has 1 heterocycles. The van der Waals surface area contributed by atoms with Crippen LogP contribution < -0.4 is 10.6 Å². The first kappa shape index (κ1) is 12.6. The standard InChI is InChI=1S/C9H14F2N4O/c1-15(4-6(10)11)9-3-7(12)13-8(14-9)5-16-2/h3,6H,4-5H2,1-2H3,(H2,12,13,14). The number of nitrogens with zero attached hydrogens (tertiary/aromatic N) is 3. The number of methoxy groups -OCH3 is 1. The lowest BCUT2D eigenvalue weighted by Gasteiger charge is -2.18. The van der Waals surface area contributed by atoms with E-state index in [-0.39, 0.29) is 12.4 Å². The van der Waals surface area contributed by atoms with E-state index in [9.17, 15) is 8.78 Å². The van der Waals surface area contributed by atoms with Crippen molar-refractivity contribution in [3.05, 3.63) is 11.9 Å². The summed E-state index contributed by atoms with van der Waals surface area (Å²) in [5, 5.41) is 0. The van der Waals surface area contributed by atoms with Crippen LogP contribution in [0.25, 0.3) is 0 Å². The summed E-state index contributed by atoms with van der Waals surface area (Å²) in [4.78, 5) is 9.29. The second-order valence-corrected chi connectivity index (χ2v) is 3.27. The van der Waals surface area contributed by atoms with Gasteiger partial charge >= 0.3 is 0 Å². The fourth-order valence-electron chi connectivity index (χ4n) is 1.19. The van der Waals surface area contributed by atoms with Gasteiger partial charge in [-0.15, -0.1) is 0 Å².